The van der Waals surface area contributed by atoms with E-state index in [0.717, 1.165) is 5.92 Å². The van der Waals surface area contributed by atoms with Crippen molar-refractivity contribution in [3.8, 4) is 0 Å². The van der Waals surface area contributed by atoms with Crippen LogP contribution in [0.15, 0.2) is 0 Å². The number of hydrogen-bond donors (Lipinski definition) is 1. The zero-order chi connectivity index (χ0) is 9.47. The van der Waals surface area contributed by atoms with Crippen molar-refractivity contribution < 1.29 is 0 Å². The number of likely N-dealkylation sites (tertiary alicyclic amines) is 1. The summed E-state index contributed by atoms with van der Waals surface area (Å²) in [4.78, 5) is 2.44. The lowest BCUT2D eigenvalue weighted by Crippen LogP contribution is -2.41. The molecule has 1 heterocycles. The molecule has 1 saturated carbocycles. The van der Waals surface area contributed by atoms with Gasteiger partial charge in [-0.2, -0.15) is 0 Å². The van der Waals surface area contributed by atoms with Gasteiger partial charge in [-0.1, -0.05) is 13.8 Å². The Hall–Kier alpha value is -0.0800. The fourth-order valence-corrected chi connectivity index (χ4v) is 2.40. The van der Waals surface area contributed by atoms with E-state index in [2.05, 4.69) is 31.1 Å². The molecule has 0 bridgehead atoms. The van der Waals surface area contributed by atoms with Gasteiger partial charge in [0.1, 0.15) is 0 Å². The van der Waals surface area contributed by atoms with E-state index in [1.165, 1.54) is 32.5 Å². The lowest BCUT2D eigenvalue weighted by molar-refractivity contribution is 0.296. The first-order valence-electron chi connectivity index (χ1n) is 5.50. The highest BCUT2D eigenvalue weighted by Gasteiger charge is 2.38. The molecule has 1 unspecified atom stereocenters. The first-order chi connectivity index (χ1) is 6.08. The molecule has 1 N–H and O–H groups in total. The van der Waals surface area contributed by atoms with Crippen molar-refractivity contribution in [1.82, 2.24) is 10.2 Å². The molecule has 1 aliphatic carbocycles. The minimum absolute atomic E-state index is 0.462. The molecule has 2 aliphatic rings. The van der Waals surface area contributed by atoms with E-state index in [0.29, 0.717) is 11.5 Å². The molecule has 0 radical (unpaired) electrons. The zero-order valence-electron chi connectivity index (χ0n) is 9.14. The van der Waals surface area contributed by atoms with Crippen molar-refractivity contribution in [2.45, 2.75) is 32.7 Å². The van der Waals surface area contributed by atoms with E-state index >= 15 is 0 Å². The Bertz CT molecular complexity index is 185. The third kappa shape index (κ3) is 2.23. The third-order valence-electron chi connectivity index (χ3n) is 3.46. The second-order valence-electron chi connectivity index (χ2n) is 5.59. The van der Waals surface area contributed by atoms with Gasteiger partial charge in [-0.15, -0.1) is 0 Å². The molecule has 2 nitrogen and oxygen atoms in total. The van der Waals surface area contributed by atoms with E-state index in [-0.39, 0.29) is 0 Å². The summed E-state index contributed by atoms with van der Waals surface area (Å²) in [5.74, 6) is 1.00. The van der Waals surface area contributed by atoms with Crippen LogP contribution in [0.1, 0.15) is 26.7 Å². The van der Waals surface area contributed by atoms with E-state index < -0.39 is 0 Å². The molecule has 1 saturated heterocycles. The smallest absolute Gasteiger partial charge is 0.0258 e. The Morgan fingerprint density at radius 3 is 2.54 bits per heavy atom. The Labute approximate surface area is 81.7 Å². The van der Waals surface area contributed by atoms with Crippen molar-refractivity contribution in [2.24, 2.45) is 11.3 Å². The first-order valence-corrected chi connectivity index (χ1v) is 5.50. The predicted molar refractivity (Wildman–Crippen MR) is 55.8 cm³/mol. The Morgan fingerprint density at radius 1 is 1.38 bits per heavy atom. The van der Waals surface area contributed by atoms with Crippen molar-refractivity contribution in [3.63, 3.8) is 0 Å². The van der Waals surface area contributed by atoms with Crippen molar-refractivity contribution in [1.29, 1.82) is 0 Å². The molecule has 2 rings (SSSR count). The van der Waals surface area contributed by atoms with Gasteiger partial charge in [-0.05, 0) is 37.8 Å². The zero-order valence-corrected chi connectivity index (χ0v) is 9.14. The predicted octanol–water partition coefficient (Wildman–Crippen LogP) is 1.33. The van der Waals surface area contributed by atoms with Gasteiger partial charge < -0.3 is 10.2 Å². The molecule has 13 heavy (non-hydrogen) atoms. The van der Waals surface area contributed by atoms with Crippen LogP contribution in [0.5, 0.6) is 0 Å². The van der Waals surface area contributed by atoms with Crippen molar-refractivity contribution in [2.75, 3.05) is 26.7 Å². The lowest BCUT2D eigenvalue weighted by Gasteiger charge is -2.26. The second kappa shape index (κ2) is 3.25. The van der Waals surface area contributed by atoms with Crippen molar-refractivity contribution in [3.05, 3.63) is 0 Å². The quantitative estimate of drug-likeness (QED) is 0.708. The third-order valence-corrected chi connectivity index (χ3v) is 3.46. The van der Waals surface area contributed by atoms with Gasteiger partial charge in [0.2, 0.25) is 0 Å². The molecule has 0 aromatic heterocycles. The molecule has 1 aliphatic heterocycles. The maximum atomic E-state index is 3.72. The number of rotatable bonds is 3. The van der Waals surface area contributed by atoms with Gasteiger partial charge in [0.05, 0.1) is 0 Å². The molecule has 0 aromatic rings. The monoisotopic (exact) mass is 182 g/mol. The van der Waals surface area contributed by atoms with Crippen LogP contribution in [-0.2, 0) is 0 Å². The minimum atomic E-state index is 0.462. The number of likely N-dealkylation sites (N-methyl/N-ethyl adjacent to an activating group) is 1. The van der Waals surface area contributed by atoms with Gasteiger partial charge >= 0.3 is 0 Å². The fraction of sp³-hybridized carbons (Fsp3) is 1.00. The first kappa shape index (κ1) is 9.47. The van der Waals surface area contributed by atoms with E-state index in [9.17, 15) is 0 Å². The van der Waals surface area contributed by atoms with Crippen LogP contribution < -0.4 is 5.32 Å². The number of hydrogen-bond acceptors (Lipinski definition) is 2. The number of nitrogens with one attached hydrogen (secondary N) is 1. The standard InChI is InChI=1S/C11H22N2/c1-11(2)8-13(3)7-10(11)12-6-9-4-5-9/h9-10,12H,4-8H2,1-3H3. The molecular weight excluding hydrogens is 160 g/mol. The molecular formula is C11H22N2. The van der Waals surface area contributed by atoms with Gasteiger partial charge in [-0.25, -0.2) is 0 Å². The van der Waals surface area contributed by atoms with Gasteiger partial charge in [0.15, 0.2) is 0 Å². The highest BCUT2D eigenvalue weighted by atomic mass is 15.2. The largest absolute Gasteiger partial charge is 0.312 e. The highest BCUT2D eigenvalue weighted by Crippen LogP contribution is 2.31. The molecule has 0 aromatic carbocycles. The molecule has 76 valence electrons. The summed E-state index contributed by atoms with van der Waals surface area (Å²) in [6.45, 7) is 8.46. The summed E-state index contributed by atoms with van der Waals surface area (Å²) in [6, 6.07) is 0.707. The lowest BCUT2D eigenvalue weighted by atomic mass is 9.88. The summed E-state index contributed by atoms with van der Waals surface area (Å²) in [5.41, 5.74) is 0.462. The maximum absolute atomic E-state index is 3.72. The molecule has 2 heteroatoms. The van der Waals surface area contributed by atoms with Crippen LogP contribution >= 0.6 is 0 Å². The van der Waals surface area contributed by atoms with Crippen molar-refractivity contribution >= 4 is 0 Å². The second-order valence-corrected chi connectivity index (χ2v) is 5.59. The summed E-state index contributed by atoms with van der Waals surface area (Å²) in [6.07, 6.45) is 2.91. The summed E-state index contributed by atoms with van der Waals surface area (Å²) < 4.78 is 0. The summed E-state index contributed by atoms with van der Waals surface area (Å²) >= 11 is 0. The van der Waals surface area contributed by atoms with E-state index in [1.54, 1.807) is 0 Å². The fourth-order valence-electron chi connectivity index (χ4n) is 2.40. The normalized spacial score (nSPS) is 33.9. The van der Waals surface area contributed by atoms with Crippen LogP contribution in [0, 0.1) is 11.3 Å². The molecule has 0 spiro atoms. The van der Waals surface area contributed by atoms with Crippen LogP contribution in [0.3, 0.4) is 0 Å². The Morgan fingerprint density at radius 2 is 2.08 bits per heavy atom. The Balaban J connectivity index is 1.82. The summed E-state index contributed by atoms with van der Waals surface area (Å²) in [5, 5.41) is 3.72. The molecule has 1 atom stereocenters. The van der Waals surface area contributed by atoms with Gasteiger partial charge in [-0.3, -0.25) is 0 Å². The number of nitrogens with zero attached hydrogens (tertiary/aromatic N) is 1. The average molecular weight is 182 g/mol. The van der Waals surface area contributed by atoms with E-state index in [1.807, 2.05) is 0 Å². The minimum Gasteiger partial charge on any atom is -0.312 e. The Kier molecular flexibility index (Phi) is 2.37. The van der Waals surface area contributed by atoms with Gasteiger partial charge in [0, 0.05) is 19.1 Å². The summed E-state index contributed by atoms with van der Waals surface area (Å²) in [7, 11) is 2.22. The van der Waals surface area contributed by atoms with Crippen LogP contribution in [0.4, 0.5) is 0 Å². The SMILES string of the molecule is CN1CC(NCC2CC2)C(C)(C)C1. The van der Waals surface area contributed by atoms with Crippen LogP contribution in [-0.4, -0.2) is 37.6 Å². The maximum Gasteiger partial charge on any atom is 0.0258 e. The van der Waals surface area contributed by atoms with E-state index in [4.69, 9.17) is 0 Å². The van der Waals surface area contributed by atoms with Crippen LogP contribution in [0.25, 0.3) is 0 Å². The average Bonchev–Trinajstić information content (AvgIpc) is 2.75. The highest BCUT2D eigenvalue weighted by molar-refractivity contribution is 4.95. The van der Waals surface area contributed by atoms with Crippen LogP contribution in [0.2, 0.25) is 0 Å². The molecule has 0 amide bonds. The van der Waals surface area contributed by atoms with Gasteiger partial charge in [0.25, 0.3) is 0 Å². The topological polar surface area (TPSA) is 15.3 Å². The molecule has 2 fully saturated rings.